The highest BCUT2D eigenvalue weighted by Crippen LogP contribution is 2.33. The van der Waals surface area contributed by atoms with E-state index in [0.717, 1.165) is 46.8 Å². The molecule has 0 bridgehead atoms. The molecule has 2 N–H and O–H groups in total. The highest BCUT2D eigenvalue weighted by Gasteiger charge is 2.17. The van der Waals surface area contributed by atoms with Crippen LogP contribution in [0.15, 0.2) is 22.7 Å². The fourth-order valence-electron chi connectivity index (χ4n) is 2.97. The number of carbonyl (C=O) groups excluding carboxylic acids is 1. The molecule has 0 aliphatic carbocycles. The van der Waals surface area contributed by atoms with E-state index < -0.39 is 0 Å². The first-order valence-electron chi connectivity index (χ1n) is 7.81. The molecule has 122 valence electrons. The molecular weight excluding hydrogens is 310 g/mol. The van der Waals surface area contributed by atoms with Crippen molar-refractivity contribution in [3.8, 4) is 11.1 Å². The van der Waals surface area contributed by atoms with E-state index in [2.05, 4.69) is 15.8 Å². The molecule has 0 unspecified atom stereocenters. The van der Waals surface area contributed by atoms with Crippen LogP contribution >= 0.6 is 11.8 Å². The Morgan fingerprint density at radius 1 is 1.26 bits per heavy atom. The van der Waals surface area contributed by atoms with Crippen LogP contribution in [-0.4, -0.2) is 29.1 Å². The van der Waals surface area contributed by atoms with Gasteiger partial charge in [-0.25, -0.2) is 0 Å². The summed E-state index contributed by atoms with van der Waals surface area (Å²) in [6.45, 7) is 3.82. The molecule has 0 atom stereocenters. The van der Waals surface area contributed by atoms with Gasteiger partial charge in [0, 0.05) is 11.6 Å². The van der Waals surface area contributed by atoms with Gasteiger partial charge < -0.3 is 15.2 Å². The fourth-order valence-corrected chi connectivity index (χ4v) is 4.07. The van der Waals surface area contributed by atoms with Crippen molar-refractivity contribution in [3.05, 3.63) is 29.7 Å². The number of thioether (sulfide) groups is 1. The Bertz CT molecular complexity index is 674. The summed E-state index contributed by atoms with van der Waals surface area (Å²) in [7, 11) is 0. The van der Waals surface area contributed by atoms with Crippen molar-refractivity contribution in [2.75, 3.05) is 22.1 Å². The van der Waals surface area contributed by atoms with Crippen LogP contribution in [0.4, 0.5) is 11.4 Å². The van der Waals surface area contributed by atoms with Crippen LogP contribution in [0.5, 0.6) is 0 Å². The zero-order chi connectivity index (χ0) is 16.2. The molecule has 1 amide bonds. The van der Waals surface area contributed by atoms with Gasteiger partial charge in [0.25, 0.3) is 0 Å². The molecule has 1 aromatic heterocycles. The Balaban J connectivity index is 1.90. The van der Waals surface area contributed by atoms with Gasteiger partial charge in [-0.15, -0.1) is 0 Å². The second-order valence-electron chi connectivity index (χ2n) is 5.75. The zero-order valence-electron chi connectivity index (χ0n) is 13.4. The topological polar surface area (TPSA) is 67.2 Å². The number of hydrogen-bond acceptors (Lipinski definition) is 5. The van der Waals surface area contributed by atoms with Crippen molar-refractivity contribution in [1.82, 2.24) is 5.16 Å². The van der Waals surface area contributed by atoms with Crippen LogP contribution < -0.4 is 10.6 Å². The molecule has 3 rings (SSSR count). The summed E-state index contributed by atoms with van der Waals surface area (Å²) in [6.07, 6.45) is 3.02. The van der Waals surface area contributed by atoms with E-state index in [1.165, 1.54) is 11.5 Å². The van der Waals surface area contributed by atoms with Crippen molar-refractivity contribution in [2.24, 2.45) is 0 Å². The van der Waals surface area contributed by atoms with Gasteiger partial charge in [-0.3, -0.25) is 4.79 Å². The van der Waals surface area contributed by atoms with E-state index in [1.807, 2.05) is 43.8 Å². The van der Waals surface area contributed by atoms with Gasteiger partial charge in [-0.2, -0.15) is 11.8 Å². The first-order valence-corrected chi connectivity index (χ1v) is 8.96. The molecule has 2 heterocycles. The van der Waals surface area contributed by atoms with E-state index >= 15 is 0 Å². The predicted octanol–water partition coefficient (Wildman–Crippen LogP) is 3.83. The number of nitrogens with zero attached hydrogens (tertiary/aromatic N) is 1. The number of aromatic nitrogens is 1. The molecule has 1 aliphatic rings. The molecule has 1 fully saturated rings. The zero-order valence-corrected chi connectivity index (χ0v) is 14.2. The second-order valence-corrected chi connectivity index (χ2v) is 6.98. The van der Waals surface area contributed by atoms with Gasteiger partial charge in [0.15, 0.2) is 0 Å². The highest BCUT2D eigenvalue weighted by atomic mass is 32.2. The van der Waals surface area contributed by atoms with Crippen molar-refractivity contribution < 1.29 is 9.32 Å². The van der Waals surface area contributed by atoms with E-state index in [9.17, 15) is 4.79 Å². The summed E-state index contributed by atoms with van der Waals surface area (Å²) in [6, 6.07) is 6.51. The van der Waals surface area contributed by atoms with E-state index in [4.69, 9.17) is 4.52 Å². The van der Waals surface area contributed by atoms with Gasteiger partial charge in [0.1, 0.15) is 5.76 Å². The van der Waals surface area contributed by atoms with Gasteiger partial charge >= 0.3 is 0 Å². The Kier molecular flexibility index (Phi) is 4.91. The summed E-state index contributed by atoms with van der Waals surface area (Å²) in [5.41, 5.74) is 4.58. The molecule has 5 nitrogen and oxygen atoms in total. The molecule has 0 radical (unpaired) electrons. The van der Waals surface area contributed by atoms with Crippen LogP contribution in [0.1, 0.15) is 24.3 Å². The number of anilines is 2. The molecule has 23 heavy (non-hydrogen) atoms. The first kappa shape index (κ1) is 15.9. The van der Waals surface area contributed by atoms with E-state index in [-0.39, 0.29) is 0 Å². The Morgan fingerprint density at radius 2 is 2.04 bits per heavy atom. The van der Waals surface area contributed by atoms with Gasteiger partial charge in [0.2, 0.25) is 6.41 Å². The van der Waals surface area contributed by atoms with E-state index in [1.54, 1.807) is 0 Å². The number of amides is 1. The summed E-state index contributed by atoms with van der Waals surface area (Å²) in [5.74, 6) is 3.15. The van der Waals surface area contributed by atoms with Gasteiger partial charge in [-0.05, 0) is 55.9 Å². The SMILES string of the molecule is Cc1noc(C)c1-c1ccc(NC2CCSCC2)c(NC=O)c1. The first-order chi connectivity index (χ1) is 11.2. The largest absolute Gasteiger partial charge is 0.381 e. The normalized spacial score (nSPS) is 15.4. The summed E-state index contributed by atoms with van der Waals surface area (Å²) >= 11 is 2.00. The van der Waals surface area contributed by atoms with Gasteiger partial charge in [0.05, 0.1) is 17.1 Å². The highest BCUT2D eigenvalue weighted by molar-refractivity contribution is 7.99. The molecule has 1 aliphatic heterocycles. The lowest BCUT2D eigenvalue weighted by Crippen LogP contribution is -2.24. The van der Waals surface area contributed by atoms with Crippen LogP contribution in [0.2, 0.25) is 0 Å². The number of carbonyl (C=O) groups is 1. The number of rotatable bonds is 5. The monoisotopic (exact) mass is 331 g/mol. The Labute approximate surface area is 140 Å². The number of benzene rings is 1. The lowest BCUT2D eigenvalue weighted by Gasteiger charge is -2.25. The third-order valence-corrected chi connectivity index (χ3v) is 5.19. The van der Waals surface area contributed by atoms with Crippen molar-refractivity contribution in [3.63, 3.8) is 0 Å². The number of hydrogen-bond donors (Lipinski definition) is 2. The maximum absolute atomic E-state index is 11.0. The third kappa shape index (κ3) is 3.52. The molecular formula is C17H21N3O2S. The number of aryl methyl sites for hydroxylation is 2. The average molecular weight is 331 g/mol. The molecule has 2 aromatic rings. The number of nitrogens with one attached hydrogen (secondary N) is 2. The standard InChI is InChI=1S/C17H21N3O2S/c1-11-17(12(2)22-20-11)13-3-4-15(16(9-13)18-10-21)19-14-5-7-23-8-6-14/h3-4,9-10,14,19H,5-8H2,1-2H3,(H,18,21). The van der Waals surface area contributed by atoms with Crippen LogP contribution in [0, 0.1) is 13.8 Å². The maximum Gasteiger partial charge on any atom is 0.211 e. The minimum Gasteiger partial charge on any atom is -0.381 e. The smallest absolute Gasteiger partial charge is 0.211 e. The molecule has 0 spiro atoms. The summed E-state index contributed by atoms with van der Waals surface area (Å²) in [5, 5.41) is 10.4. The van der Waals surface area contributed by atoms with Crippen LogP contribution in [0.3, 0.4) is 0 Å². The summed E-state index contributed by atoms with van der Waals surface area (Å²) in [4.78, 5) is 11.0. The molecule has 0 saturated carbocycles. The summed E-state index contributed by atoms with van der Waals surface area (Å²) < 4.78 is 5.24. The van der Waals surface area contributed by atoms with Crippen LogP contribution in [-0.2, 0) is 4.79 Å². The predicted molar refractivity (Wildman–Crippen MR) is 95.1 cm³/mol. The van der Waals surface area contributed by atoms with Crippen molar-refractivity contribution in [1.29, 1.82) is 0 Å². The van der Waals surface area contributed by atoms with Crippen LogP contribution in [0.25, 0.3) is 11.1 Å². The quantitative estimate of drug-likeness (QED) is 0.815. The maximum atomic E-state index is 11.0. The van der Waals surface area contributed by atoms with Crippen molar-refractivity contribution in [2.45, 2.75) is 32.7 Å². The van der Waals surface area contributed by atoms with Crippen molar-refractivity contribution >= 4 is 29.5 Å². The molecule has 1 aromatic carbocycles. The van der Waals surface area contributed by atoms with E-state index in [0.29, 0.717) is 12.5 Å². The minimum atomic E-state index is 0.466. The van der Waals surface area contributed by atoms with Gasteiger partial charge in [-0.1, -0.05) is 11.2 Å². The third-order valence-electron chi connectivity index (χ3n) is 4.14. The second kappa shape index (κ2) is 7.08. The Morgan fingerprint density at radius 3 is 2.70 bits per heavy atom. The lowest BCUT2D eigenvalue weighted by atomic mass is 10.0. The minimum absolute atomic E-state index is 0.466. The Hall–Kier alpha value is -1.95. The molecule has 1 saturated heterocycles. The lowest BCUT2D eigenvalue weighted by molar-refractivity contribution is -0.105. The average Bonchev–Trinajstić information content (AvgIpc) is 2.89. The fraction of sp³-hybridized carbons (Fsp3) is 0.412. The molecule has 6 heteroatoms.